The molecule has 0 aliphatic carbocycles. The van der Waals surface area contributed by atoms with Gasteiger partial charge in [-0.1, -0.05) is 18.2 Å². The summed E-state index contributed by atoms with van der Waals surface area (Å²) < 4.78 is 65.1. The van der Waals surface area contributed by atoms with E-state index in [1.165, 1.54) is 12.1 Å². The minimum absolute atomic E-state index is 0.181. The number of nitrogens with zero attached hydrogens (tertiary/aromatic N) is 2. The van der Waals surface area contributed by atoms with Gasteiger partial charge in [-0.05, 0) is 18.2 Å². The molecule has 0 saturated heterocycles. The van der Waals surface area contributed by atoms with Crippen molar-refractivity contribution in [3.05, 3.63) is 74.3 Å². The Labute approximate surface area is 332 Å². The van der Waals surface area contributed by atoms with E-state index >= 15 is 0 Å². The fourth-order valence-electron chi connectivity index (χ4n) is 4.34. The molecule has 57 heavy (non-hydrogen) atoms. The molecule has 20 nitrogen and oxygen atoms in total. The van der Waals surface area contributed by atoms with Gasteiger partial charge in [-0.2, -0.15) is 0 Å². The van der Waals surface area contributed by atoms with E-state index in [2.05, 4.69) is 5.32 Å². The number of hydrogen-bond donors (Lipinski definition) is 1. The van der Waals surface area contributed by atoms with Gasteiger partial charge in [-0.3, -0.25) is 20.2 Å². The molecular formula is C37H57N3O17. The number of nitro groups is 2. The normalized spacial score (nSPS) is 11.2. The molecule has 0 unspecified atom stereocenters. The molecule has 0 fully saturated rings. The van der Waals surface area contributed by atoms with E-state index in [-0.39, 0.29) is 42.8 Å². The number of rotatable bonds is 40. The van der Waals surface area contributed by atoms with Crippen molar-refractivity contribution in [2.75, 3.05) is 164 Å². The van der Waals surface area contributed by atoms with Crippen molar-refractivity contribution < 1.29 is 71.5 Å². The maximum absolute atomic E-state index is 11.8. The molecule has 0 saturated carbocycles. The summed E-state index contributed by atoms with van der Waals surface area (Å²) in [5.74, 6) is -0.368. The number of nitro benzene ring substituents is 2. The van der Waals surface area contributed by atoms with Crippen LogP contribution in [-0.2, 0) is 56.8 Å². The van der Waals surface area contributed by atoms with Crippen LogP contribution >= 0.6 is 0 Å². The minimum atomic E-state index is -0.684. The zero-order valence-electron chi connectivity index (χ0n) is 32.4. The highest BCUT2D eigenvalue weighted by atomic mass is 16.6. The number of benzene rings is 2. The molecule has 1 N–H and O–H groups in total. The van der Waals surface area contributed by atoms with Gasteiger partial charge in [0.1, 0.15) is 12.3 Å². The van der Waals surface area contributed by atoms with Crippen molar-refractivity contribution >= 4 is 23.0 Å². The van der Waals surface area contributed by atoms with Crippen molar-refractivity contribution in [2.45, 2.75) is 0 Å². The molecule has 0 aliphatic rings. The summed E-state index contributed by atoms with van der Waals surface area (Å²) in [5, 5.41) is 24.8. The Hall–Kier alpha value is -3.93. The molecule has 0 amide bonds. The molecule has 2 aromatic carbocycles. The topological polar surface area (TPSA) is 226 Å². The third-order valence-electron chi connectivity index (χ3n) is 7.14. The number of hydrogen-bond acceptors (Lipinski definition) is 18. The lowest BCUT2D eigenvalue weighted by Gasteiger charge is -2.09. The average Bonchev–Trinajstić information content (AvgIpc) is 3.22. The molecule has 0 radical (unpaired) electrons. The predicted octanol–water partition coefficient (Wildman–Crippen LogP) is 2.95. The van der Waals surface area contributed by atoms with E-state index in [1.54, 1.807) is 24.3 Å². The highest BCUT2D eigenvalue weighted by Crippen LogP contribution is 2.28. The monoisotopic (exact) mass is 815 g/mol. The summed E-state index contributed by atoms with van der Waals surface area (Å²) in [7, 11) is 0. The standard InChI is InChI=1S/C37H57N3O17/c41-37(33-4-2-1-3-5-33)57-31-30-56-29-28-55-27-26-54-25-24-53-23-22-52-21-20-51-19-18-50-17-16-49-15-14-48-13-12-47-11-10-46-9-8-38-35-7-6-34(39(42)43)32-36(35)40(44)45/h1-7,32,38H,8-31H2. The Kier molecular flexibility index (Phi) is 30.4. The van der Waals surface area contributed by atoms with Crippen molar-refractivity contribution in [3.63, 3.8) is 0 Å². The van der Waals surface area contributed by atoms with Gasteiger partial charge in [0.25, 0.3) is 11.4 Å². The van der Waals surface area contributed by atoms with Crippen LogP contribution in [0.25, 0.3) is 0 Å². The van der Waals surface area contributed by atoms with E-state index < -0.39 is 9.85 Å². The summed E-state index contributed by atoms with van der Waals surface area (Å²) in [6, 6.07) is 12.2. The Morgan fingerprint density at radius 2 is 0.807 bits per heavy atom. The van der Waals surface area contributed by atoms with E-state index in [9.17, 15) is 25.0 Å². The van der Waals surface area contributed by atoms with Crippen LogP contribution in [0.2, 0.25) is 0 Å². The first-order chi connectivity index (χ1) is 28.0. The lowest BCUT2D eigenvalue weighted by atomic mass is 10.2. The largest absolute Gasteiger partial charge is 0.460 e. The number of anilines is 1. The molecule has 0 heterocycles. The molecule has 0 spiro atoms. The number of ether oxygens (including phenoxy) is 12. The van der Waals surface area contributed by atoms with Crippen LogP contribution in [0.4, 0.5) is 17.1 Å². The molecule has 0 bridgehead atoms. The van der Waals surface area contributed by atoms with Crippen molar-refractivity contribution in [1.82, 2.24) is 0 Å². The van der Waals surface area contributed by atoms with Gasteiger partial charge in [-0.25, -0.2) is 4.79 Å². The van der Waals surface area contributed by atoms with Crippen LogP contribution in [0, 0.1) is 20.2 Å². The first kappa shape index (κ1) is 49.2. The molecule has 20 heteroatoms. The van der Waals surface area contributed by atoms with Crippen LogP contribution in [-0.4, -0.2) is 174 Å². The highest BCUT2D eigenvalue weighted by Gasteiger charge is 2.19. The van der Waals surface area contributed by atoms with Crippen LogP contribution in [0.3, 0.4) is 0 Å². The van der Waals surface area contributed by atoms with E-state index in [0.717, 1.165) is 6.07 Å². The summed E-state index contributed by atoms with van der Waals surface area (Å²) in [6.07, 6.45) is 0. The maximum atomic E-state index is 11.8. The third-order valence-corrected chi connectivity index (χ3v) is 7.14. The zero-order valence-corrected chi connectivity index (χ0v) is 32.4. The average molecular weight is 816 g/mol. The number of non-ortho nitro benzene ring substituents is 1. The van der Waals surface area contributed by atoms with Crippen LogP contribution < -0.4 is 5.32 Å². The first-order valence-corrected chi connectivity index (χ1v) is 18.7. The van der Waals surface area contributed by atoms with Gasteiger partial charge in [0, 0.05) is 12.6 Å². The van der Waals surface area contributed by atoms with Gasteiger partial charge in [0.2, 0.25) is 0 Å². The molecule has 0 aliphatic heterocycles. The summed E-state index contributed by atoms with van der Waals surface area (Å²) in [5.41, 5.74) is -0.0256. The number of nitrogens with one attached hydrogen (secondary N) is 1. The molecular weight excluding hydrogens is 758 g/mol. The molecule has 0 atom stereocenters. The molecule has 0 aromatic heterocycles. The summed E-state index contributed by atoms with van der Waals surface area (Å²) in [6.45, 7) is 9.70. The smallest absolute Gasteiger partial charge is 0.338 e. The van der Waals surface area contributed by atoms with Gasteiger partial charge in [0.05, 0.1) is 167 Å². The molecule has 2 rings (SSSR count). The lowest BCUT2D eigenvalue weighted by molar-refractivity contribution is -0.393. The van der Waals surface area contributed by atoms with Gasteiger partial charge < -0.3 is 62.2 Å². The Morgan fingerprint density at radius 3 is 1.16 bits per heavy atom. The van der Waals surface area contributed by atoms with E-state index in [4.69, 9.17) is 56.8 Å². The van der Waals surface area contributed by atoms with Gasteiger partial charge in [0.15, 0.2) is 0 Å². The second-order valence-corrected chi connectivity index (χ2v) is 11.4. The van der Waals surface area contributed by atoms with Crippen LogP contribution in [0.1, 0.15) is 10.4 Å². The lowest BCUT2D eigenvalue weighted by Crippen LogP contribution is -2.16. The van der Waals surface area contributed by atoms with Crippen molar-refractivity contribution in [1.29, 1.82) is 0 Å². The Morgan fingerprint density at radius 1 is 0.456 bits per heavy atom. The Balaban J connectivity index is 1.18. The second kappa shape index (κ2) is 35.2. The molecule has 2 aromatic rings. The zero-order chi connectivity index (χ0) is 40.9. The minimum Gasteiger partial charge on any atom is -0.460 e. The second-order valence-electron chi connectivity index (χ2n) is 11.4. The fraction of sp³-hybridized carbons (Fsp3) is 0.649. The number of carbonyl (C=O) groups is 1. The predicted molar refractivity (Wildman–Crippen MR) is 204 cm³/mol. The highest BCUT2D eigenvalue weighted by molar-refractivity contribution is 5.89. The Bertz CT molecular complexity index is 1310. The van der Waals surface area contributed by atoms with Gasteiger partial charge in [-0.15, -0.1) is 0 Å². The van der Waals surface area contributed by atoms with Crippen molar-refractivity contribution in [2.24, 2.45) is 0 Å². The van der Waals surface area contributed by atoms with Crippen LogP contribution in [0.5, 0.6) is 0 Å². The van der Waals surface area contributed by atoms with Crippen molar-refractivity contribution in [3.8, 4) is 0 Å². The SMILES string of the molecule is O=C(OCCOCCOCCOCCOCCOCCOCCOCCOCCOCCOCCOCCNc1ccc([N+](=O)[O-])cc1[N+](=O)[O-])c1ccccc1. The fourth-order valence-corrected chi connectivity index (χ4v) is 4.34. The summed E-state index contributed by atoms with van der Waals surface area (Å²) in [4.78, 5) is 32.4. The number of esters is 1. The quantitative estimate of drug-likeness (QED) is 0.0441. The van der Waals surface area contributed by atoms with Crippen LogP contribution in [0.15, 0.2) is 48.5 Å². The third kappa shape index (κ3) is 27.4. The summed E-state index contributed by atoms with van der Waals surface area (Å²) >= 11 is 0. The number of carbonyl (C=O) groups excluding carboxylic acids is 1. The van der Waals surface area contributed by atoms with E-state index in [0.29, 0.717) is 144 Å². The van der Waals surface area contributed by atoms with E-state index in [1.807, 2.05) is 6.07 Å². The first-order valence-electron chi connectivity index (χ1n) is 18.7. The maximum Gasteiger partial charge on any atom is 0.338 e. The molecule has 322 valence electrons. The van der Waals surface area contributed by atoms with Gasteiger partial charge >= 0.3 is 5.97 Å².